The van der Waals surface area contributed by atoms with E-state index in [1.165, 1.54) is 12.1 Å². The Kier molecular flexibility index (Phi) is 4.91. The largest absolute Gasteiger partial charge is 0.316 e. The lowest BCUT2D eigenvalue weighted by atomic mass is 9.76. The number of rotatable bonds is 5. The summed E-state index contributed by atoms with van der Waals surface area (Å²) in [6.45, 7) is 3.42. The van der Waals surface area contributed by atoms with Gasteiger partial charge in [-0.15, -0.1) is 0 Å². The van der Waals surface area contributed by atoms with Crippen molar-refractivity contribution in [2.24, 2.45) is 5.41 Å². The molecule has 1 fully saturated rings. The van der Waals surface area contributed by atoms with E-state index in [1.807, 2.05) is 6.92 Å². The molecule has 0 saturated carbocycles. The monoisotopic (exact) mass is 345 g/mol. The molecule has 0 radical (unpaired) electrons. The summed E-state index contributed by atoms with van der Waals surface area (Å²) in [5, 5.41) is 3.19. The van der Waals surface area contributed by atoms with Gasteiger partial charge in [0, 0.05) is 23.9 Å². The molecule has 1 aromatic rings. The van der Waals surface area contributed by atoms with Gasteiger partial charge in [0.05, 0.1) is 4.47 Å². The van der Waals surface area contributed by atoms with Gasteiger partial charge in [0.15, 0.2) is 0 Å². The van der Waals surface area contributed by atoms with Crippen LogP contribution in [0.15, 0.2) is 16.6 Å². The molecule has 1 aliphatic rings. The molecule has 2 rings (SSSR count). The van der Waals surface area contributed by atoms with Gasteiger partial charge in [0.1, 0.15) is 17.4 Å². The van der Waals surface area contributed by atoms with E-state index in [0.29, 0.717) is 6.54 Å². The van der Waals surface area contributed by atoms with Crippen molar-refractivity contribution in [1.29, 1.82) is 0 Å². The van der Waals surface area contributed by atoms with E-state index < -0.39 is 17.0 Å². The zero-order valence-electron chi connectivity index (χ0n) is 11.4. The summed E-state index contributed by atoms with van der Waals surface area (Å²) < 4.78 is 27.9. The first-order valence-corrected chi connectivity index (χ1v) is 7.66. The number of nitrogens with one attached hydrogen (secondary N) is 1. The van der Waals surface area contributed by atoms with E-state index in [2.05, 4.69) is 21.2 Å². The lowest BCUT2D eigenvalue weighted by molar-refractivity contribution is -0.127. The predicted octanol–water partition coefficient (Wildman–Crippen LogP) is 3.62. The van der Waals surface area contributed by atoms with Crippen LogP contribution in [0.2, 0.25) is 0 Å². The Bertz CT molecular complexity index is 513. The molecule has 1 N–H and O–H groups in total. The second-order valence-corrected chi connectivity index (χ2v) is 6.23. The van der Waals surface area contributed by atoms with Crippen molar-refractivity contribution in [2.45, 2.75) is 32.6 Å². The van der Waals surface area contributed by atoms with Crippen LogP contribution in [-0.2, 0) is 11.2 Å². The van der Waals surface area contributed by atoms with Gasteiger partial charge in [0.25, 0.3) is 0 Å². The molecule has 1 heterocycles. The summed E-state index contributed by atoms with van der Waals surface area (Å²) in [5.41, 5.74) is -0.595. The molecule has 2 nitrogen and oxygen atoms in total. The third kappa shape index (κ3) is 2.93. The van der Waals surface area contributed by atoms with Crippen molar-refractivity contribution in [3.8, 4) is 0 Å². The lowest BCUT2D eigenvalue weighted by Gasteiger charge is -2.26. The highest BCUT2D eigenvalue weighted by Gasteiger charge is 2.40. The average molecular weight is 346 g/mol. The van der Waals surface area contributed by atoms with Crippen LogP contribution >= 0.6 is 15.9 Å². The van der Waals surface area contributed by atoms with Crippen molar-refractivity contribution in [2.75, 3.05) is 13.1 Å². The predicted molar refractivity (Wildman–Crippen MR) is 77.6 cm³/mol. The molecule has 0 amide bonds. The van der Waals surface area contributed by atoms with Crippen LogP contribution in [-0.4, -0.2) is 18.9 Å². The minimum absolute atomic E-state index is 0.0692. The van der Waals surface area contributed by atoms with Crippen LogP contribution < -0.4 is 5.32 Å². The quantitative estimate of drug-likeness (QED) is 0.825. The summed E-state index contributed by atoms with van der Waals surface area (Å²) in [6, 6.07) is 2.51. The second-order valence-electron chi connectivity index (χ2n) is 5.38. The van der Waals surface area contributed by atoms with Crippen LogP contribution in [0.3, 0.4) is 0 Å². The molecular weight excluding hydrogens is 328 g/mol. The first-order chi connectivity index (χ1) is 9.50. The van der Waals surface area contributed by atoms with E-state index in [4.69, 9.17) is 0 Å². The molecule has 0 aliphatic carbocycles. The van der Waals surface area contributed by atoms with Gasteiger partial charge in [-0.05, 0) is 47.4 Å². The Morgan fingerprint density at radius 2 is 2.20 bits per heavy atom. The Morgan fingerprint density at radius 1 is 1.45 bits per heavy atom. The summed E-state index contributed by atoms with van der Waals surface area (Å²) in [5.74, 6) is -1.40. The topological polar surface area (TPSA) is 29.1 Å². The number of carbonyl (C=O) groups is 1. The molecule has 0 bridgehead atoms. The Hall–Kier alpha value is -0.810. The third-order valence-electron chi connectivity index (χ3n) is 4.04. The molecular formula is C15H18BrF2NO. The van der Waals surface area contributed by atoms with E-state index in [9.17, 15) is 13.6 Å². The molecule has 110 valence electrons. The van der Waals surface area contributed by atoms with Crippen molar-refractivity contribution in [1.82, 2.24) is 5.32 Å². The number of Topliss-reactive ketones (excluding diaryl/α,β-unsaturated/α-hetero) is 1. The van der Waals surface area contributed by atoms with Crippen molar-refractivity contribution < 1.29 is 13.6 Å². The van der Waals surface area contributed by atoms with Crippen LogP contribution in [0.4, 0.5) is 8.78 Å². The van der Waals surface area contributed by atoms with Gasteiger partial charge >= 0.3 is 0 Å². The maximum atomic E-state index is 14.0. The van der Waals surface area contributed by atoms with Gasteiger partial charge in [-0.3, -0.25) is 4.79 Å². The van der Waals surface area contributed by atoms with Crippen molar-refractivity contribution in [3.63, 3.8) is 0 Å². The molecule has 1 aliphatic heterocycles. The zero-order chi connectivity index (χ0) is 14.8. The lowest BCUT2D eigenvalue weighted by Crippen LogP contribution is -2.35. The van der Waals surface area contributed by atoms with Crippen LogP contribution in [0.5, 0.6) is 0 Å². The first kappa shape index (κ1) is 15.6. The van der Waals surface area contributed by atoms with Crippen LogP contribution in [0.1, 0.15) is 31.7 Å². The minimum Gasteiger partial charge on any atom is -0.316 e. The average Bonchev–Trinajstić information content (AvgIpc) is 2.89. The minimum atomic E-state index is -0.670. The van der Waals surface area contributed by atoms with Gasteiger partial charge in [-0.2, -0.15) is 0 Å². The van der Waals surface area contributed by atoms with E-state index >= 15 is 0 Å². The number of halogens is 3. The van der Waals surface area contributed by atoms with E-state index in [-0.39, 0.29) is 22.2 Å². The van der Waals surface area contributed by atoms with Crippen LogP contribution in [0.25, 0.3) is 0 Å². The first-order valence-electron chi connectivity index (χ1n) is 6.86. The van der Waals surface area contributed by atoms with Gasteiger partial charge < -0.3 is 5.32 Å². The molecule has 1 unspecified atom stereocenters. The van der Waals surface area contributed by atoms with Gasteiger partial charge in [-0.1, -0.05) is 13.3 Å². The zero-order valence-corrected chi connectivity index (χ0v) is 13.0. The Morgan fingerprint density at radius 3 is 2.80 bits per heavy atom. The summed E-state index contributed by atoms with van der Waals surface area (Å²) in [4.78, 5) is 12.6. The highest BCUT2D eigenvalue weighted by atomic mass is 79.9. The molecule has 5 heteroatoms. The fourth-order valence-corrected chi connectivity index (χ4v) is 3.26. The SMILES string of the molecule is CCCC1(C(=O)Cc2c(F)ccc(Br)c2F)CCNC1. The normalized spacial score (nSPS) is 22.2. The standard InChI is InChI=1S/C15H18BrF2NO/c1-2-5-15(6-7-19-9-15)13(20)8-10-12(17)4-3-11(16)14(10)18/h3-4,19H,2,5-9H2,1H3. The number of ketones is 1. The second kappa shape index (κ2) is 6.31. The summed E-state index contributed by atoms with van der Waals surface area (Å²) in [6.07, 6.45) is 2.21. The van der Waals surface area contributed by atoms with Gasteiger partial charge in [0.2, 0.25) is 0 Å². The summed E-state index contributed by atoms with van der Waals surface area (Å²) in [7, 11) is 0. The molecule has 1 aromatic carbocycles. The van der Waals surface area contributed by atoms with E-state index in [1.54, 1.807) is 0 Å². The van der Waals surface area contributed by atoms with Crippen molar-refractivity contribution >= 4 is 21.7 Å². The third-order valence-corrected chi connectivity index (χ3v) is 4.65. The maximum Gasteiger partial charge on any atom is 0.144 e. The Labute approximate surface area is 126 Å². The van der Waals surface area contributed by atoms with Gasteiger partial charge in [-0.25, -0.2) is 8.78 Å². The number of carbonyl (C=O) groups excluding carboxylic acids is 1. The smallest absolute Gasteiger partial charge is 0.144 e. The maximum absolute atomic E-state index is 14.0. The fraction of sp³-hybridized carbons (Fsp3) is 0.533. The van der Waals surface area contributed by atoms with Crippen molar-refractivity contribution in [3.05, 3.63) is 33.8 Å². The number of hydrogen-bond acceptors (Lipinski definition) is 2. The molecule has 1 atom stereocenters. The fourth-order valence-electron chi connectivity index (χ4n) is 2.89. The molecule has 0 aromatic heterocycles. The summed E-state index contributed by atoms with van der Waals surface area (Å²) >= 11 is 3.03. The number of benzene rings is 1. The highest BCUT2D eigenvalue weighted by Crippen LogP contribution is 2.34. The Balaban J connectivity index is 2.25. The van der Waals surface area contributed by atoms with Crippen LogP contribution in [0, 0.1) is 17.0 Å². The number of hydrogen-bond donors (Lipinski definition) is 1. The molecule has 0 spiro atoms. The molecule has 1 saturated heterocycles. The molecule has 20 heavy (non-hydrogen) atoms. The highest BCUT2D eigenvalue weighted by molar-refractivity contribution is 9.10. The van der Waals surface area contributed by atoms with E-state index in [0.717, 1.165) is 25.8 Å².